The smallest absolute Gasteiger partial charge is 0.406 e. The first-order chi connectivity index (χ1) is 12.3. The Balaban J connectivity index is 1.79. The van der Waals surface area contributed by atoms with Crippen LogP contribution in [0, 0.1) is 10.1 Å². The Bertz CT molecular complexity index is 905. The number of carbonyl (C=O) groups is 1. The molecule has 0 saturated heterocycles. The summed E-state index contributed by atoms with van der Waals surface area (Å²) in [6.45, 7) is 3.82. The van der Waals surface area contributed by atoms with Crippen LogP contribution < -0.4 is 9.64 Å². The van der Waals surface area contributed by atoms with Crippen molar-refractivity contribution in [3.63, 3.8) is 0 Å². The lowest BCUT2D eigenvalue weighted by atomic mass is 9.83. The second-order valence-electron chi connectivity index (χ2n) is 6.57. The van der Waals surface area contributed by atoms with Gasteiger partial charge in [0.15, 0.2) is 12.4 Å². The number of pyridine rings is 1. The summed E-state index contributed by atoms with van der Waals surface area (Å²) < 4.78 is 5.33. The maximum absolute atomic E-state index is 12.4. The van der Waals surface area contributed by atoms with Gasteiger partial charge in [0.05, 0.1) is 0 Å². The second kappa shape index (κ2) is 6.59. The highest BCUT2D eigenvalue weighted by Crippen LogP contribution is 2.46. The highest BCUT2D eigenvalue weighted by atomic mass is 16.6. The predicted molar refractivity (Wildman–Crippen MR) is 97.3 cm³/mol. The van der Waals surface area contributed by atoms with E-state index < -0.39 is 10.7 Å². The molecule has 1 aromatic heterocycles. The zero-order chi connectivity index (χ0) is 18.9. The minimum absolute atomic E-state index is 0.0217. The zero-order valence-electron chi connectivity index (χ0n) is 14.8. The maximum Gasteiger partial charge on any atom is 0.406 e. The van der Waals surface area contributed by atoms with Crippen molar-refractivity contribution in [2.75, 3.05) is 18.6 Å². The predicted octanol–water partition coefficient (Wildman–Crippen LogP) is 3.25. The van der Waals surface area contributed by atoms with Crippen LogP contribution in [-0.4, -0.2) is 29.3 Å². The standard InChI is InChI=1S/C19H19N3O4/c1-19(2)14-7-4-5-8-15(14)21(3)17(19)11-13(23)12-26-16-9-6-10-20-18(16)22(24)25/h4-11H,12H2,1-3H3/b17-11-. The van der Waals surface area contributed by atoms with E-state index in [1.54, 1.807) is 6.08 Å². The third-order valence-electron chi connectivity index (χ3n) is 4.53. The molecule has 2 heterocycles. The molecular weight excluding hydrogens is 334 g/mol. The number of fused-ring (bicyclic) bond motifs is 1. The number of hydrogen-bond donors (Lipinski definition) is 0. The van der Waals surface area contributed by atoms with E-state index in [0.29, 0.717) is 0 Å². The zero-order valence-corrected chi connectivity index (χ0v) is 14.8. The molecule has 1 aliphatic heterocycles. The fourth-order valence-corrected chi connectivity index (χ4v) is 3.23. The molecule has 1 aliphatic rings. The molecule has 0 radical (unpaired) electrons. The molecule has 1 aromatic carbocycles. The van der Waals surface area contributed by atoms with E-state index in [1.165, 1.54) is 18.3 Å². The SMILES string of the molecule is CN1/C(=C\C(=O)COc2cccnc2[N+](=O)[O-])C(C)(C)c2ccccc21. The van der Waals surface area contributed by atoms with Gasteiger partial charge in [-0.25, -0.2) is 0 Å². The highest BCUT2D eigenvalue weighted by Gasteiger charge is 2.38. The van der Waals surface area contributed by atoms with Crippen LogP contribution in [-0.2, 0) is 10.2 Å². The number of allylic oxidation sites excluding steroid dienone is 1. The molecule has 0 N–H and O–H groups in total. The summed E-state index contributed by atoms with van der Waals surface area (Å²) in [6.07, 6.45) is 2.85. The Morgan fingerprint density at radius 1 is 1.31 bits per heavy atom. The number of likely N-dealkylation sites (N-methyl/N-ethyl adjacent to an activating group) is 1. The van der Waals surface area contributed by atoms with Crippen LogP contribution in [0.15, 0.2) is 54.4 Å². The maximum atomic E-state index is 12.4. The number of aromatic nitrogens is 1. The van der Waals surface area contributed by atoms with Gasteiger partial charge in [-0.05, 0) is 33.7 Å². The molecule has 0 saturated carbocycles. The lowest BCUT2D eigenvalue weighted by molar-refractivity contribution is -0.390. The van der Waals surface area contributed by atoms with Gasteiger partial charge in [0.1, 0.15) is 6.20 Å². The van der Waals surface area contributed by atoms with Gasteiger partial charge in [0.2, 0.25) is 5.75 Å². The average Bonchev–Trinajstić information content (AvgIpc) is 2.81. The second-order valence-corrected chi connectivity index (χ2v) is 6.57. The number of benzene rings is 1. The van der Waals surface area contributed by atoms with Crippen LogP contribution in [0.25, 0.3) is 0 Å². The number of carbonyl (C=O) groups excluding carboxylic acids is 1. The Labute approximate surface area is 151 Å². The van der Waals surface area contributed by atoms with Gasteiger partial charge < -0.3 is 19.8 Å². The Kier molecular flexibility index (Phi) is 4.46. The first-order valence-corrected chi connectivity index (χ1v) is 8.13. The topological polar surface area (TPSA) is 85.6 Å². The summed E-state index contributed by atoms with van der Waals surface area (Å²) in [4.78, 5) is 28.4. The molecule has 0 bridgehead atoms. The van der Waals surface area contributed by atoms with Gasteiger partial charge >= 0.3 is 5.82 Å². The molecule has 7 nitrogen and oxygen atoms in total. The largest absolute Gasteiger partial charge is 0.477 e. The van der Waals surface area contributed by atoms with Crippen molar-refractivity contribution in [2.45, 2.75) is 19.3 Å². The van der Waals surface area contributed by atoms with E-state index >= 15 is 0 Å². The molecule has 0 unspecified atom stereocenters. The quantitative estimate of drug-likeness (QED) is 0.466. The number of anilines is 1. The summed E-state index contributed by atoms with van der Waals surface area (Å²) in [5, 5.41) is 11.0. The molecule has 7 heteroatoms. The summed E-state index contributed by atoms with van der Waals surface area (Å²) in [5.74, 6) is -0.698. The average molecular weight is 353 g/mol. The number of nitro groups is 1. The number of para-hydroxylation sites is 1. The molecule has 0 atom stereocenters. The third-order valence-corrected chi connectivity index (χ3v) is 4.53. The van der Waals surface area contributed by atoms with Gasteiger partial charge in [-0.2, -0.15) is 0 Å². The van der Waals surface area contributed by atoms with Crippen LogP contribution in [0.3, 0.4) is 0 Å². The van der Waals surface area contributed by atoms with Crippen LogP contribution in [0.2, 0.25) is 0 Å². The van der Waals surface area contributed by atoms with E-state index in [1.807, 2.05) is 36.2 Å². The van der Waals surface area contributed by atoms with Gasteiger partial charge in [0.25, 0.3) is 0 Å². The third kappa shape index (κ3) is 3.03. The molecule has 0 aliphatic carbocycles. The van der Waals surface area contributed by atoms with Crippen LogP contribution in [0.1, 0.15) is 19.4 Å². The van der Waals surface area contributed by atoms with Crippen molar-refractivity contribution in [3.8, 4) is 5.75 Å². The van der Waals surface area contributed by atoms with E-state index in [2.05, 4.69) is 18.8 Å². The molecule has 134 valence electrons. The molecule has 0 spiro atoms. The van der Waals surface area contributed by atoms with E-state index in [4.69, 9.17) is 4.74 Å². The number of nitrogens with zero attached hydrogens (tertiary/aromatic N) is 3. The van der Waals surface area contributed by atoms with Crippen molar-refractivity contribution >= 4 is 17.3 Å². The summed E-state index contributed by atoms with van der Waals surface area (Å²) in [7, 11) is 1.92. The normalized spacial score (nSPS) is 16.4. The minimum Gasteiger partial charge on any atom is -0.477 e. The fourth-order valence-electron chi connectivity index (χ4n) is 3.23. The molecule has 2 aromatic rings. The Hall–Kier alpha value is -3.22. The fraction of sp³-hybridized carbons (Fsp3) is 0.263. The molecule has 0 fully saturated rings. The summed E-state index contributed by atoms with van der Waals surface area (Å²) in [6, 6.07) is 10.9. The van der Waals surface area contributed by atoms with E-state index in [0.717, 1.165) is 16.9 Å². The summed E-state index contributed by atoms with van der Waals surface area (Å²) in [5.41, 5.74) is 2.74. The number of ether oxygens (including phenoxy) is 1. The summed E-state index contributed by atoms with van der Waals surface area (Å²) >= 11 is 0. The van der Waals surface area contributed by atoms with Gasteiger partial charge in [-0.3, -0.25) is 4.79 Å². The van der Waals surface area contributed by atoms with Gasteiger partial charge in [-0.1, -0.05) is 32.0 Å². The molecule has 3 rings (SSSR count). The van der Waals surface area contributed by atoms with Crippen LogP contribution in [0.5, 0.6) is 5.75 Å². The van der Waals surface area contributed by atoms with E-state index in [9.17, 15) is 14.9 Å². The number of rotatable bonds is 5. The lowest BCUT2D eigenvalue weighted by Crippen LogP contribution is -2.25. The van der Waals surface area contributed by atoms with Crippen molar-refractivity contribution in [2.24, 2.45) is 0 Å². The minimum atomic E-state index is -0.636. The van der Waals surface area contributed by atoms with Crippen molar-refractivity contribution < 1.29 is 14.5 Å². The lowest BCUT2D eigenvalue weighted by Gasteiger charge is -2.23. The van der Waals surface area contributed by atoms with Gasteiger partial charge in [-0.15, -0.1) is 0 Å². The highest BCUT2D eigenvalue weighted by molar-refractivity contribution is 5.93. The Morgan fingerprint density at radius 2 is 2.04 bits per heavy atom. The van der Waals surface area contributed by atoms with Gasteiger partial charge in [0, 0.05) is 29.9 Å². The molecular formula is C19H19N3O4. The van der Waals surface area contributed by atoms with Crippen LogP contribution >= 0.6 is 0 Å². The molecule has 26 heavy (non-hydrogen) atoms. The number of hydrogen-bond acceptors (Lipinski definition) is 6. The first-order valence-electron chi connectivity index (χ1n) is 8.13. The Morgan fingerprint density at radius 3 is 2.73 bits per heavy atom. The van der Waals surface area contributed by atoms with Crippen LogP contribution in [0.4, 0.5) is 11.5 Å². The number of ketones is 1. The first kappa shape index (κ1) is 17.6. The van der Waals surface area contributed by atoms with E-state index in [-0.39, 0.29) is 23.6 Å². The monoisotopic (exact) mass is 353 g/mol. The van der Waals surface area contributed by atoms with Crippen molar-refractivity contribution in [1.29, 1.82) is 0 Å². The van der Waals surface area contributed by atoms with Crippen molar-refractivity contribution in [1.82, 2.24) is 4.98 Å². The van der Waals surface area contributed by atoms with Crippen molar-refractivity contribution in [3.05, 3.63) is 70.0 Å². The molecule has 0 amide bonds.